The monoisotopic (exact) mass is 375 g/mol. The van der Waals surface area contributed by atoms with Crippen LogP contribution in [0.15, 0.2) is 35.2 Å². The fourth-order valence-corrected chi connectivity index (χ4v) is 3.80. The van der Waals surface area contributed by atoms with Gasteiger partial charge in [0, 0.05) is 24.1 Å². The van der Waals surface area contributed by atoms with Crippen LogP contribution in [0, 0.1) is 5.92 Å². The van der Waals surface area contributed by atoms with Crippen LogP contribution in [0.3, 0.4) is 0 Å². The van der Waals surface area contributed by atoms with Gasteiger partial charge in [-0.3, -0.25) is 9.69 Å². The van der Waals surface area contributed by atoms with Gasteiger partial charge in [0.2, 0.25) is 0 Å². The van der Waals surface area contributed by atoms with E-state index in [1.54, 1.807) is 5.51 Å². The summed E-state index contributed by atoms with van der Waals surface area (Å²) in [5.74, 6) is 0.224. The minimum absolute atomic E-state index is 0.183. The molecule has 1 aromatic heterocycles. The summed E-state index contributed by atoms with van der Waals surface area (Å²) in [7, 11) is 0. The van der Waals surface area contributed by atoms with Gasteiger partial charge in [0.05, 0.1) is 23.9 Å². The molecule has 0 aliphatic carbocycles. The van der Waals surface area contributed by atoms with Crippen molar-refractivity contribution < 1.29 is 15.0 Å². The highest BCUT2D eigenvalue weighted by Gasteiger charge is 2.19. The topological polar surface area (TPSA) is 85.7 Å². The predicted octanol–water partition coefficient (Wildman–Crippen LogP) is 1.81. The second kappa shape index (κ2) is 9.23. The van der Waals surface area contributed by atoms with Crippen molar-refractivity contribution in [2.75, 3.05) is 26.3 Å². The Bertz CT molecular complexity index is 683. The normalized spacial score (nSPS) is 17.2. The van der Waals surface area contributed by atoms with Crippen LogP contribution < -0.4 is 5.32 Å². The molecule has 140 valence electrons. The van der Waals surface area contributed by atoms with Crippen LogP contribution >= 0.6 is 11.3 Å². The summed E-state index contributed by atoms with van der Waals surface area (Å²) >= 11 is 1.43. The van der Waals surface area contributed by atoms with E-state index >= 15 is 0 Å². The van der Waals surface area contributed by atoms with E-state index in [2.05, 4.69) is 15.2 Å². The largest absolute Gasteiger partial charge is 0.396 e. The van der Waals surface area contributed by atoms with E-state index in [1.807, 2.05) is 29.6 Å². The molecule has 1 fully saturated rings. The van der Waals surface area contributed by atoms with Gasteiger partial charge in [-0.2, -0.15) is 0 Å². The highest BCUT2D eigenvalue weighted by Crippen LogP contribution is 2.19. The first-order chi connectivity index (χ1) is 12.7. The van der Waals surface area contributed by atoms with Gasteiger partial charge in [0.1, 0.15) is 0 Å². The SMILES string of the molecule is O=C(NC(CO)c1cscn1)c1ccc(CN2CCC(CO)CC2)cc1. The van der Waals surface area contributed by atoms with Crippen molar-refractivity contribution in [1.82, 2.24) is 15.2 Å². The molecule has 3 rings (SSSR count). The van der Waals surface area contributed by atoms with E-state index in [1.165, 1.54) is 16.9 Å². The molecule has 1 atom stereocenters. The van der Waals surface area contributed by atoms with Crippen molar-refractivity contribution in [2.24, 2.45) is 5.92 Å². The lowest BCUT2D eigenvalue weighted by Crippen LogP contribution is -2.34. The number of nitrogens with one attached hydrogen (secondary N) is 1. The minimum atomic E-state index is -0.485. The fourth-order valence-electron chi connectivity index (χ4n) is 3.20. The van der Waals surface area contributed by atoms with Crippen LogP contribution in [0.5, 0.6) is 0 Å². The molecular formula is C19H25N3O3S. The molecule has 6 nitrogen and oxygen atoms in total. The standard InChI is InChI=1S/C19H25N3O3S/c23-10-15-5-7-22(8-6-15)9-14-1-3-16(4-2-14)19(25)21-17(11-24)18-12-26-13-20-18/h1-4,12-13,15,17,23-24H,5-11H2,(H,21,25). The summed E-state index contributed by atoms with van der Waals surface area (Å²) in [5.41, 5.74) is 4.10. The van der Waals surface area contributed by atoms with Crippen LogP contribution in [0.1, 0.15) is 40.5 Å². The highest BCUT2D eigenvalue weighted by molar-refractivity contribution is 7.07. The number of piperidine rings is 1. The maximum absolute atomic E-state index is 12.4. The summed E-state index contributed by atoms with van der Waals surface area (Å²) in [6.07, 6.45) is 2.08. The molecule has 0 radical (unpaired) electrons. The molecule has 0 saturated carbocycles. The molecule has 26 heavy (non-hydrogen) atoms. The first-order valence-corrected chi connectivity index (χ1v) is 9.86. The number of likely N-dealkylation sites (tertiary alicyclic amines) is 1. The number of carbonyl (C=O) groups excluding carboxylic acids is 1. The van der Waals surface area contributed by atoms with Gasteiger partial charge in [-0.1, -0.05) is 12.1 Å². The molecule has 2 heterocycles. The first-order valence-electron chi connectivity index (χ1n) is 8.91. The third-order valence-electron chi connectivity index (χ3n) is 4.88. The third-order valence-corrected chi connectivity index (χ3v) is 5.49. The maximum Gasteiger partial charge on any atom is 0.251 e. The zero-order valence-electron chi connectivity index (χ0n) is 14.7. The molecule has 7 heteroatoms. The number of hydrogen-bond acceptors (Lipinski definition) is 6. The Morgan fingerprint density at radius 1 is 1.27 bits per heavy atom. The molecule has 0 spiro atoms. The van der Waals surface area contributed by atoms with E-state index < -0.39 is 6.04 Å². The number of nitrogens with zero attached hydrogens (tertiary/aromatic N) is 2. The number of carbonyl (C=O) groups is 1. The van der Waals surface area contributed by atoms with E-state index in [9.17, 15) is 15.0 Å². The van der Waals surface area contributed by atoms with Crippen molar-refractivity contribution in [3.8, 4) is 0 Å². The van der Waals surface area contributed by atoms with Gasteiger partial charge in [-0.25, -0.2) is 4.98 Å². The molecule has 3 N–H and O–H groups in total. The van der Waals surface area contributed by atoms with Crippen molar-refractivity contribution in [1.29, 1.82) is 0 Å². The average molecular weight is 375 g/mol. The number of aliphatic hydroxyl groups is 2. The Kier molecular flexibility index (Phi) is 6.73. The van der Waals surface area contributed by atoms with Gasteiger partial charge in [-0.15, -0.1) is 11.3 Å². The van der Waals surface area contributed by atoms with E-state index in [0.29, 0.717) is 17.2 Å². The lowest BCUT2D eigenvalue weighted by molar-refractivity contribution is 0.0915. The second-order valence-electron chi connectivity index (χ2n) is 6.72. The van der Waals surface area contributed by atoms with Crippen LogP contribution in [0.4, 0.5) is 0 Å². The Morgan fingerprint density at radius 3 is 2.58 bits per heavy atom. The van der Waals surface area contributed by atoms with Crippen LogP contribution in [-0.4, -0.2) is 52.3 Å². The van der Waals surface area contributed by atoms with E-state index in [4.69, 9.17) is 0 Å². The van der Waals surface area contributed by atoms with Gasteiger partial charge in [0.15, 0.2) is 0 Å². The Labute approximate surface area is 157 Å². The predicted molar refractivity (Wildman–Crippen MR) is 101 cm³/mol. The van der Waals surface area contributed by atoms with Gasteiger partial charge in [-0.05, 0) is 49.5 Å². The second-order valence-corrected chi connectivity index (χ2v) is 7.44. The summed E-state index contributed by atoms with van der Waals surface area (Å²) in [6.45, 7) is 2.96. The fraction of sp³-hybridized carbons (Fsp3) is 0.474. The number of rotatable bonds is 7. The van der Waals surface area contributed by atoms with Crippen LogP contribution in [0.2, 0.25) is 0 Å². The summed E-state index contributed by atoms with van der Waals surface area (Å²) in [6, 6.07) is 7.11. The van der Waals surface area contributed by atoms with Crippen molar-refractivity contribution in [3.05, 3.63) is 52.0 Å². The van der Waals surface area contributed by atoms with Crippen LogP contribution in [0.25, 0.3) is 0 Å². The summed E-state index contributed by atoms with van der Waals surface area (Å²) < 4.78 is 0. The van der Waals surface area contributed by atoms with Gasteiger partial charge in [0.25, 0.3) is 5.91 Å². The number of benzene rings is 1. The third kappa shape index (κ3) is 4.88. The lowest BCUT2D eigenvalue weighted by Gasteiger charge is -2.31. The molecule has 1 unspecified atom stereocenters. The number of hydrogen-bond donors (Lipinski definition) is 3. The molecule has 1 aliphatic heterocycles. The van der Waals surface area contributed by atoms with Crippen molar-refractivity contribution in [3.63, 3.8) is 0 Å². The zero-order chi connectivity index (χ0) is 18.4. The number of aliphatic hydroxyl groups excluding tert-OH is 2. The summed E-state index contributed by atoms with van der Waals surface area (Å²) in [4.78, 5) is 18.9. The molecule has 1 aromatic carbocycles. The van der Waals surface area contributed by atoms with E-state index in [0.717, 1.165) is 32.5 Å². The van der Waals surface area contributed by atoms with Crippen molar-refractivity contribution >= 4 is 17.2 Å². The maximum atomic E-state index is 12.4. The van der Waals surface area contributed by atoms with E-state index in [-0.39, 0.29) is 19.1 Å². The quantitative estimate of drug-likeness (QED) is 0.687. The molecular weight excluding hydrogens is 350 g/mol. The Hall–Kier alpha value is -1.80. The molecule has 2 aromatic rings. The number of amides is 1. The minimum Gasteiger partial charge on any atom is -0.396 e. The number of thiazole rings is 1. The number of aromatic nitrogens is 1. The summed E-state index contributed by atoms with van der Waals surface area (Å²) in [5, 5.41) is 23.3. The smallest absolute Gasteiger partial charge is 0.251 e. The zero-order valence-corrected chi connectivity index (χ0v) is 15.5. The molecule has 1 amide bonds. The van der Waals surface area contributed by atoms with Gasteiger partial charge < -0.3 is 15.5 Å². The molecule has 0 bridgehead atoms. The lowest BCUT2D eigenvalue weighted by atomic mass is 9.97. The average Bonchev–Trinajstić information content (AvgIpc) is 3.21. The highest BCUT2D eigenvalue weighted by atomic mass is 32.1. The van der Waals surface area contributed by atoms with Crippen LogP contribution in [-0.2, 0) is 6.54 Å². The molecule has 1 aliphatic rings. The molecule has 1 saturated heterocycles. The Morgan fingerprint density at radius 2 is 2.00 bits per heavy atom. The first kappa shape index (κ1) is 19.0. The van der Waals surface area contributed by atoms with Crippen molar-refractivity contribution in [2.45, 2.75) is 25.4 Å². The Balaban J connectivity index is 1.54. The van der Waals surface area contributed by atoms with Gasteiger partial charge >= 0.3 is 0 Å².